The van der Waals surface area contributed by atoms with E-state index in [2.05, 4.69) is 20.8 Å². The Morgan fingerprint density at radius 1 is 1.00 bits per heavy atom. The Balaban J connectivity index is 1.56. The highest BCUT2D eigenvalue weighted by molar-refractivity contribution is 5.68. The highest BCUT2D eigenvalue weighted by Crippen LogP contribution is 2.85. The largest absolute Gasteiger partial charge is 0.303 e. The van der Waals surface area contributed by atoms with Crippen molar-refractivity contribution in [2.45, 2.75) is 72.1 Å². The third kappa shape index (κ3) is 1.27. The lowest BCUT2D eigenvalue weighted by molar-refractivity contribution is -0.161. The van der Waals surface area contributed by atoms with Gasteiger partial charge >= 0.3 is 0 Å². The van der Waals surface area contributed by atoms with E-state index in [1.54, 1.807) is 0 Å². The van der Waals surface area contributed by atoms with E-state index in [4.69, 9.17) is 0 Å². The minimum absolute atomic E-state index is 0.171. The lowest BCUT2D eigenvalue weighted by atomic mass is 9.40. The molecule has 0 aromatic rings. The zero-order valence-corrected chi connectivity index (χ0v) is 14.0. The normalized spacial score (nSPS) is 62.6. The molecular formula is C20H30O. The van der Waals surface area contributed by atoms with Gasteiger partial charge < -0.3 is 4.79 Å². The summed E-state index contributed by atoms with van der Waals surface area (Å²) in [6.45, 7) is 7.71. The van der Waals surface area contributed by atoms with E-state index < -0.39 is 0 Å². The number of fused-ring (bicyclic) bond motifs is 1. The van der Waals surface area contributed by atoms with Crippen molar-refractivity contribution < 1.29 is 4.79 Å². The Bertz CT molecular complexity index is 522. The number of carbonyl (C=O) groups excluding carboxylic acids is 1. The van der Waals surface area contributed by atoms with Gasteiger partial charge in [-0.15, -0.1) is 0 Å². The number of aldehydes is 1. The molecular weight excluding hydrogens is 256 g/mol. The predicted octanol–water partition coefficient (Wildman–Crippen LogP) is 4.84. The molecule has 21 heavy (non-hydrogen) atoms. The average Bonchev–Trinajstić information content (AvgIpc) is 2.93. The van der Waals surface area contributed by atoms with Crippen molar-refractivity contribution in [2.75, 3.05) is 0 Å². The summed E-state index contributed by atoms with van der Waals surface area (Å²) in [4.78, 5) is 11.7. The van der Waals surface area contributed by atoms with Gasteiger partial charge in [-0.25, -0.2) is 0 Å². The van der Waals surface area contributed by atoms with Gasteiger partial charge in [-0.1, -0.05) is 27.2 Å². The van der Waals surface area contributed by atoms with E-state index in [1.807, 2.05) is 0 Å². The molecule has 116 valence electrons. The van der Waals surface area contributed by atoms with Crippen LogP contribution in [0.4, 0.5) is 0 Å². The number of rotatable bonds is 1. The number of hydrogen-bond acceptors (Lipinski definition) is 1. The topological polar surface area (TPSA) is 17.1 Å². The first-order valence-electron chi connectivity index (χ1n) is 9.34. The van der Waals surface area contributed by atoms with Crippen LogP contribution in [0.2, 0.25) is 0 Å². The maximum absolute atomic E-state index is 11.7. The molecule has 6 rings (SSSR count). The van der Waals surface area contributed by atoms with Gasteiger partial charge in [0.2, 0.25) is 0 Å². The minimum atomic E-state index is 0.171. The van der Waals surface area contributed by atoms with E-state index in [1.165, 1.54) is 57.7 Å². The molecule has 0 heterocycles. The number of carbonyl (C=O) groups is 1. The van der Waals surface area contributed by atoms with Gasteiger partial charge in [0.1, 0.15) is 6.29 Å². The van der Waals surface area contributed by atoms with E-state index in [0.29, 0.717) is 16.2 Å². The summed E-state index contributed by atoms with van der Waals surface area (Å²) >= 11 is 0. The maximum atomic E-state index is 11.7. The average molecular weight is 286 g/mol. The Labute approximate surface area is 129 Å². The molecule has 0 aromatic heterocycles. The summed E-state index contributed by atoms with van der Waals surface area (Å²) < 4.78 is 0. The van der Waals surface area contributed by atoms with Crippen molar-refractivity contribution in [3.63, 3.8) is 0 Å². The molecule has 0 radical (unpaired) electrons. The molecule has 6 fully saturated rings. The van der Waals surface area contributed by atoms with Crippen molar-refractivity contribution in [3.05, 3.63) is 0 Å². The van der Waals surface area contributed by atoms with Crippen LogP contribution in [0.3, 0.4) is 0 Å². The molecule has 6 saturated carbocycles. The van der Waals surface area contributed by atoms with Crippen LogP contribution in [0.25, 0.3) is 0 Å². The third-order valence-electron chi connectivity index (χ3n) is 9.49. The predicted molar refractivity (Wildman–Crippen MR) is 83.7 cm³/mol. The summed E-state index contributed by atoms with van der Waals surface area (Å²) in [5.41, 5.74) is 1.85. The van der Waals surface area contributed by atoms with Gasteiger partial charge in [-0.2, -0.15) is 0 Å². The van der Waals surface area contributed by atoms with Crippen molar-refractivity contribution in [3.8, 4) is 0 Å². The van der Waals surface area contributed by atoms with Gasteiger partial charge in [0.05, 0.1) is 0 Å². The smallest absolute Gasteiger partial charge is 0.126 e. The standard InChI is InChI=1S/C20H30O/c1-17(2)6-4-7-18(3)15(17)5-8-19-10-14-13(9-16(18)19)20(14,11-19)12-21/h12-16H,4-11H2,1-3H3/t13?,14?,15-,16+,18-,19?,20-/m1/s1. The van der Waals surface area contributed by atoms with Crippen molar-refractivity contribution >= 4 is 6.29 Å². The maximum Gasteiger partial charge on any atom is 0.126 e. The molecule has 0 saturated heterocycles. The third-order valence-corrected chi connectivity index (χ3v) is 9.49. The first-order chi connectivity index (χ1) is 9.88. The Kier molecular flexibility index (Phi) is 2.15. The molecule has 1 spiro atoms. The van der Waals surface area contributed by atoms with E-state index in [9.17, 15) is 4.79 Å². The van der Waals surface area contributed by atoms with Gasteiger partial charge in [0.15, 0.2) is 0 Å². The molecule has 3 unspecified atom stereocenters. The minimum Gasteiger partial charge on any atom is -0.303 e. The quantitative estimate of drug-likeness (QED) is 0.630. The van der Waals surface area contributed by atoms with Crippen LogP contribution in [0.1, 0.15) is 72.1 Å². The first kappa shape index (κ1) is 13.1. The fourth-order valence-electron chi connectivity index (χ4n) is 8.78. The summed E-state index contributed by atoms with van der Waals surface area (Å²) in [7, 11) is 0. The van der Waals surface area contributed by atoms with Crippen LogP contribution in [0.5, 0.6) is 0 Å². The first-order valence-corrected chi connectivity index (χ1v) is 9.34. The summed E-state index contributed by atoms with van der Waals surface area (Å²) in [6, 6.07) is 0. The lowest BCUT2D eigenvalue weighted by Gasteiger charge is -2.65. The zero-order chi connectivity index (χ0) is 14.7. The molecule has 0 aromatic carbocycles. The zero-order valence-electron chi connectivity index (χ0n) is 14.0. The van der Waals surface area contributed by atoms with E-state index >= 15 is 0 Å². The van der Waals surface area contributed by atoms with Gasteiger partial charge in [-0.3, -0.25) is 0 Å². The molecule has 6 aliphatic rings. The fraction of sp³-hybridized carbons (Fsp3) is 0.950. The Hall–Kier alpha value is -0.330. The Morgan fingerprint density at radius 2 is 1.81 bits per heavy atom. The second-order valence-corrected chi connectivity index (χ2v) is 10.4. The Morgan fingerprint density at radius 3 is 2.52 bits per heavy atom. The van der Waals surface area contributed by atoms with Crippen LogP contribution in [0, 0.1) is 45.3 Å². The van der Waals surface area contributed by atoms with Crippen LogP contribution in [-0.2, 0) is 4.79 Å². The highest BCUT2D eigenvalue weighted by atomic mass is 16.1. The molecule has 7 atom stereocenters. The summed E-state index contributed by atoms with van der Waals surface area (Å²) in [5, 5.41) is 0. The van der Waals surface area contributed by atoms with E-state index in [0.717, 1.165) is 23.7 Å². The molecule has 0 N–H and O–H groups in total. The second kappa shape index (κ2) is 3.44. The molecule has 0 aliphatic heterocycles. The second-order valence-electron chi connectivity index (χ2n) is 10.4. The SMILES string of the molecule is CC1(C)CCC[C@]2(C)[C@@H]1CCC13CC4C(C[C@H]12)[C@]4(C=O)C3. The van der Waals surface area contributed by atoms with Gasteiger partial charge in [-0.05, 0) is 84.9 Å². The van der Waals surface area contributed by atoms with Crippen molar-refractivity contribution in [1.82, 2.24) is 0 Å². The number of hydrogen-bond donors (Lipinski definition) is 0. The van der Waals surface area contributed by atoms with Crippen LogP contribution >= 0.6 is 0 Å². The summed E-state index contributed by atoms with van der Waals surface area (Å²) in [6.07, 6.45) is 12.6. The fourth-order valence-corrected chi connectivity index (χ4v) is 8.78. The molecule has 0 amide bonds. The molecule has 4 bridgehead atoms. The van der Waals surface area contributed by atoms with Crippen LogP contribution < -0.4 is 0 Å². The molecule has 1 nitrogen and oxygen atoms in total. The van der Waals surface area contributed by atoms with Crippen LogP contribution in [-0.4, -0.2) is 6.29 Å². The lowest BCUT2D eigenvalue weighted by Crippen LogP contribution is -2.57. The van der Waals surface area contributed by atoms with E-state index in [-0.39, 0.29) is 5.41 Å². The highest BCUT2D eigenvalue weighted by Gasteiger charge is 2.80. The monoisotopic (exact) mass is 286 g/mol. The van der Waals surface area contributed by atoms with Crippen LogP contribution in [0.15, 0.2) is 0 Å². The van der Waals surface area contributed by atoms with Crippen molar-refractivity contribution in [1.29, 1.82) is 0 Å². The van der Waals surface area contributed by atoms with Crippen molar-refractivity contribution in [2.24, 2.45) is 45.3 Å². The summed E-state index contributed by atoms with van der Waals surface area (Å²) in [5.74, 6) is 3.43. The molecule has 1 heteroatoms. The molecule has 6 aliphatic carbocycles. The van der Waals surface area contributed by atoms with Gasteiger partial charge in [0, 0.05) is 5.41 Å². The van der Waals surface area contributed by atoms with Gasteiger partial charge in [0.25, 0.3) is 0 Å².